The fourth-order valence-corrected chi connectivity index (χ4v) is 1.79. The SMILES string of the molecule is CCCC(OC)c1nc(O)c(C(C)C)c(=O)[nH]1. The number of nitrogens with zero attached hydrogens (tertiary/aromatic N) is 1. The highest BCUT2D eigenvalue weighted by Crippen LogP contribution is 2.23. The predicted molar refractivity (Wildman–Crippen MR) is 65.3 cm³/mol. The topological polar surface area (TPSA) is 75.2 Å². The van der Waals surface area contributed by atoms with Gasteiger partial charge in [0.25, 0.3) is 5.56 Å². The van der Waals surface area contributed by atoms with Crippen LogP contribution in [0.15, 0.2) is 4.79 Å². The van der Waals surface area contributed by atoms with E-state index in [0.717, 1.165) is 12.8 Å². The van der Waals surface area contributed by atoms with Gasteiger partial charge in [0.2, 0.25) is 5.88 Å². The minimum atomic E-state index is -0.291. The zero-order valence-corrected chi connectivity index (χ0v) is 10.8. The van der Waals surface area contributed by atoms with E-state index in [1.165, 1.54) is 0 Å². The summed E-state index contributed by atoms with van der Waals surface area (Å²) in [4.78, 5) is 18.5. The molecule has 1 rings (SSSR count). The first-order valence-electron chi connectivity index (χ1n) is 5.87. The molecule has 1 heterocycles. The number of methoxy groups -OCH3 is 1. The molecule has 0 aliphatic carbocycles. The fourth-order valence-electron chi connectivity index (χ4n) is 1.79. The lowest BCUT2D eigenvalue weighted by molar-refractivity contribution is 0.0866. The molecule has 5 nitrogen and oxygen atoms in total. The van der Waals surface area contributed by atoms with Crippen LogP contribution in [0.2, 0.25) is 0 Å². The average Bonchev–Trinajstić information content (AvgIpc) is 2.24. The van der Waals surface area contributed by atoms with Crippen LogP contribution < -0.4 is 5.56 Å². The van der Waals surface area contributed by atoms with Gasteiger partial charge in [-0.3, -0.25) is 4.79 Å². The maximum atomic E-state index is 11.8. The number of aromatic nitrogens is 2. The minimum Gasteiger partial charge on any atom is -0.493 e. The van der Waals surface area contributed by atoms with E-state index in [1.54, 1.807) is 7.11 Å². The van der Waals surface area contributed by atoms with Crippen molar-refractivity contribution >= 4 is 0 Å². The fraction of sp³-hybridized carbons (Fsp3) is 0.667. The van der Waals surface area contributed by atoms with E-state index in [0.29, 0.717) is 11.4 Å². The van der Waals surface area contributed by atoms with Crippen LogP contribution in [0, 0.1) is 0 Å². The summed E-state index contributed by atoms with van der Waals surface area (Å²) in [5.41, 5.74) is 0.0285. The maximum absolute atomic E-state index is 11.8. The van der Waals surface area contributed by atoms with E-state index in [9.17, 15) is 9.90 Å². The summed E-state index contributed by atoms with van der Waals surface area (Å²) < 4.78 is 5.24. The Hall–Kier alpha value is -1.36. The molecule has 1 aromatic heterocycles. The molecular formula is C12H20N2O3. The molecule has 5 heteroatoms. The highest BCUT2D eigenvalue weighted by atomic mass is 16.5. The molecule has 0 bridgehead atoms. The maximum Gasteiger partial charge on any atom is 0.258 e. The quantitative estimate of drug-likeness (QED) is 0.826. The smallest absolute Gasteiger partial charge is 0.258 e. The molecule has 0 saturated carbocycles. The summed E-state index contributed by atoms with van der Waals surface area (Å²) in [5, 5.41) is 9.77. The number of ether oxygens (including phenoxy) is 1. The summed E-state index contributed by atoms with van der Waals surface area (Å²) in [6.45, 7) is 5.70. The first kappa shape index (κ1) is 13.7. The number of aromatic amines is 1. The lowest BCUT2D eigenvalue weighted by Gasteiger charge is -2.15. The lowest BCUT2D eigenvalue weighted by atomic mass is 10.1. The van der Waals surface area contributed by atoms with Gasteiger partial charge in [0.05, 0.1) is 5.56 Å². The Kier molecular flexibility index (Phi) is 4.69. The van der Waals surface area contributed by atoms with Crippen molar-refractivity contribution in [2.75, 3.05) is 7.11 Å². The number of H-pyrrole nitrogens is 1. The Labute approximate surface area is 101 Å². The molecule has 0 aliphatic heterocycles. The second kappa shape index (κ2) is 5.82. The van der Waals surface area contributed by atoms with Crippen molar-refractivity contribution in [3.8, 4) is 5.88 Å². The van der Waals surface area contributed by atoms with Crippen LogP contribution in [0.4, 0.5) is 0 Å². The molecule has 0 spiro atoms. The molecule has 17 heavy (non-hydrogen) atoms. The standard InChI is InChI=1S/C12H20N2O3/c1-5-6-8(17-4)10-13-11(15)9(7(2)3)12(16)14-10/h7-8H,5-6H2,1-4H3,(H2,13,14,15,16). The second-order valence-corrected chi connectivity index (χ2v) is 4.36. The van der Waals surface area contributed by atoms with Gasteiger partial charge in [0.1, 0.15) is 11.9 Å². The normalized spacial score (nSPS) is 13.0. The largest absolute Gasteiger partial charge is 0.493 e. The summed E-state index contributed by atoms with van der Waals surface area (Å²) in [6, 6.07) is 0. The van der Waals surface area contributed by atoms with Gasteiger partial charge in [-0.2, -0.15) is 4.98 Å². The highest BCUT2D eigenvalue weighted by Gasteiger charge is 2.18. The van der Waals surface area contributed by atoms with Crippen molar-refractivity contribution in [3.05, 3.63) is 21.7 Å². The van der Waals surface area contributed by atoms with Crippen LogP contribution in [-0.2, 0) is 4.74 Å². The van der Waals surface area contributed by atoms with Crippen LogP contribution in [0.5, 0.6) is 5.88 Å². The number of hydrogen-bond acceptors (Lipinski definition) is 4. The third-order valence-electron chi connectivity index (χ3n) is 2.67. The Morgan fingerprint density at radius 3 is 2.53 bits per heavy atom. The third-order valence-corrected chi connectivity index (χ3v) is 2.67. The van der Waals surface area contributed by atoms with Crippen molar-refractivity contribution in [2.24, 2.45) is 0 Å². The molecule has 1 unspecified atom stereocenters. The average molecular weight is 240 g/mol. The molecule has 0 fully saturated rings. The summed E-state index contributed by atoms with van der Waals surface area (Å²) in [5.74, 6) is 0.130. The zero-order valence-electron chi connectivity index (χ0n) is 10.8. The van der Waals surface area contributed by atoms with Crippen LogP contribution in [-0.4, -0.2) is 22.2 Å². The molecule has 0 radical (unpaired) electrons. The van der Waals surface area contributed by atoms with E-state index >= 15 is 0 Å². The highest BCUT2D eigenvalue weighted by molar-refractivity contribution is 5.26. The summed E-state index contributed by atoms with van der Waals surface area (Å²) in [6.07, 6.45) is 1.38. The molecule has 1 aromatic rings. The minimum absolute atomic E-state index is 0.0625. The summed E-state index contributed by atoms with van der Waals surface area (Å²) >= 11 is 0. The van der Waals surface area contributed by atoms with Gasteiger partial charge in [-0.15, -0.1) is 0 Å². The van der Waals surface area contributed by atoms with Gasteiger partial charge in [0.15, 0.2) is 0 Å². The van der Waals surface area contributed by atoms with Crippen molar-refractivity contribution in [1.29, 1.82) is 0 Å². The Morgan fingerprint density at radius 2 is 2.12 bits per heavy atom. The molecule has 0 aliphatic rings. The molecule has 0 aromatic carbocycles. The van der Waals surface area contributed by atoms with Crippen LogP contribution in [0.1, 0.15) is 57.0 Å². The van der Waals surface area contributed by atoms with E-state index < -0.39 is 0 Å². The van der Waals surface area contributed by atoms with Gasteiger partial charge in [0, 0.05) is 7.11 Å². The number of aromatic hydroxyl groups is 1. The van der Waals surface area contributed by atoms with Gasteiger partial charge < -0.3 is 14.8 Å². The van der Waals surface area contributed by atoms with E-state index in [-0.39, 0.29) is 23.5 Å². The molecule has 2 N–H and O–H groups in total. The molecule has 1 atom stereocenters. The molecular weight excluding hydrogens is 220 g/mol. The van der Waals surface area contributed by atoms with E-state index in [4.69, 9.17) is 4.74 Å². The van der Waals surface area contributed by atoms with Crippen molar-refractivity contribution in [3.63, 3.8) is 0 Å². The third kappa shape index (κ3) is 3.06. The first-order chi connectivity index (χ1) is 8.01. The number of nitrogens with one attached hydrogen (secondary N) is 1. The van der Waals surface area contributed by atoms with Gasteiger partial charge in [-0.25, -0.2) is 0 Å². The Balaban J connectivity index is 3.17. The van der Waals surface area contributed by atoms with E-state index in [1.807, 2.05) is 20.8 Å². The van der Waals surface area contributed by atoms with Crippen LogP contribution >= 0.6 is 0 Å². The number of rotatable bonds is 5. The molecule has 0 amide bonds. The van der Waals surface area contributed by atoms with Crippen molar-refractivity contribution in [1.82, 2.24) is 9.97 Å². The monoisotopic (exact) mass is 240 g/mol. The van der Waals surface area contributed by atoms with Gasteiger partial charge in [-0.1, -0.05) is 27.2 Å². The molecule has 0 saturated heterocycles. The first-order valence-corrected chi connectivity index (χ1v) is 5.87. The zero-order chi connectivity index (χ0) is 13.0. The Bertz CT molecular complexity index is 426. The van der Waals surface area contributed by atoms with Crippen molar-refractivity contribution < 1.29 is 9.84 Å². The Morgan fingerprint density at radius 1 is 1.47 bits per heavy atom. The van der Waals surface area contributed by atoms with Gasteiger partial charge >= 0.3 is 0 Å². The van der Waals surface area contributed by atoms with Crippen molar-refractivity contribution in [2.45, 2.75) is 45.6 Å². The van der Waals surface area contributed by atoms with E-state index in [2.05, 4.69) is 9.97 Å². The molecule has 96 valence electrons. The predicted octanol–water partition coefficient (Wildman–Crippen LogP) is 2.09. The summed E-state index contributed by atoms with van der Waals surface area (Å²) in [7, 11) is 1.56. The second-order valence-electron chi connectivity index (χ2n) is 4.36. The number of hydrogen-bond donors (Lipinski definition) is 2. The lowest BCUT2D eigenvalue weighted by Crippen LogP contribution is -2.20. The van der Waals surface area contributed by atoms with Gasteiger partial charge in [-0.05, 0) is 12.3 Å². The van der Waals surface area contributed by atoms with Crippen LogP contribution in [0.25, 0.3) is 0 Å². The van der Waals surface area contributed by atoms with Crippen LogP contribution in [0.3, 0.4) is 0 Å².